The van der Waals surface area contributed by atoms with Crippen LogP contribution in [0.1, 0.15) is 73.6 Å². The third-order valence-electron chi connectivity index (χ3n) is 3.83. The van der Waals surface area contributed by atoms with Gasteiger partial charge in [-0.25, -0.2) is 4.99 Å². The average molecular weight is 316 g/mol. The second-order valence-corrected chi connectivity index (χ2v) is 5.26. The SMILES string of the molecule is CC.CCC(=O)/C(=C/C(CC)CC)C1=C=CC/C=C(/CC)C=N1. The van der Waals surface area contributed by atoms with E-state index in [1.54, 1.807) is 0 Å². The molecule has 128 valence electrons. The first-order chi connectivity index (χ1) is 11.2. The largest absolute Gasteiger partial charge is 0.294 e. The third-order valence-corrected chi connectivity index (χ3v) is 3.83. The Labute approximate surface area is 142 Å². The number of ketones is 1. The van der Waals surface area contributed by atoms with Crippen LogP contribution in [-0.4, -0.2) is 12.0 Å². The van der Waals surface area contributed by atoms with Gasteiger partial charge in [-0.05, 0) is 43.3 Å². The van der Waals surface area contributed by atoms with Gasteiger partial charge in [0.05, 0.1) is 0 Å². The van der Waals surface area contributed by atoms with Gasteiger partial charge in [0.1, 0.15) is 5.70 Å². The predicted molar refractivity (Wildman–Crippen MR) is 102 cm³/mol. The Hall–Kier alpha value is -1.66. The van der Waals surface area contributed by atoms with Gasteiger partial charge in [0, 0.05) is 18.2 Å². The molecule has 1 rings (SSSR count). The van der Waals surface area contributed by atoms with E-state index < -0.39 is 0 Å². The molecule has 1 aliphatic rings. The number of hydrogen-bond acceptors (Lipinski definition) is 2. The standard InChI is InChI=1S/C19H27NO.C2H6/c1-5-15(6-2)13-17(19(21)8-4)18-12-10-9-11-16(7-3)14-20-18;1-2/h10-11,13-15H,5-9H2,1-4H3;1-2H3/b16-11-,17-13+,20-14?;. The molecule has 0 N–H and O–H groups in total. The van der Waals surface area contributed by atoms with Crippen LogP contribution >= 0.6 is 0 Å². The Morgan fingerprint density at radius 1 is 1.26 bits per heavy atom. The van der Waals surface area contributed by atoms with E-state index in [1.165, 1.54) is 5.57 Å². The lowest BCUT2D eigenvalue weighted by Crippen LogP contribution is -2.06. The van der Waals surface area contributed by atoms with Gasteiger partial charge >= 0.3 is 0 Å². The molecule has 0 saturated carbocycles. The van der Waals surface area contributed by atoms with Gasteiger partial charge in [-0.1, -0.05) is 59.4 Å². The fourth-order valence-corrected chi connectivity index (χ4v) is 2.24. The Balaban J connectivity index is 0.00000232. The molecule has 0 aliphatic carbocycles. The highest BCUT2D eigenvalue weighted by molar-refractivity contribution is 5.99. The Morgan fingerprint density at radius 3 is 2.43 bits per heavy atom. The van der Waals surface area contributed by atoms with Crippen LogP contribution in [0.5, 0.6) is 0 Å². The van der Waals surface area contributed by atoms with E-state index in [2.05, 4.69) is 43.6 Å². The topological polar surface area (TPSA) is 29.4 Å². The number of carbonyl (C=O) groups is 1. The summed E-state index contributed by atoms with van der Waals surface area (Å²) in [6.07, 6.45) is 12.5. The van der Waals surface area contributed by atoms with E-state index in [-0.39, 0.29) is 5.78 Å². The molecule has 0 aromatic rings. The Morgan fingerprint density at radius 2 is 1.91 bits per heavy atom. The first-order valence-corrected chi connectivity index (χ1v) is 9.09. The van der Waals surface area contributed by atoms with E-state index in [0.717, 1.165) is 31.3 Å². The number of allylic oxidation sites excluding steroid dienone is 4. The lowest BCUT2D eigenvalue weighted by Gasteiger charge is -2.11. The normalized spacial score (nSPS) is 16.7. The highest BCUT2D eigenvalue weighted by Crippen LogP contribution is 2.21. The number of hydrogen-bond donors (Lipinski definition) is 0. The zero-order valence-electron chi connectivity index (χ0n) is 15.8. The molecule has 0 aromatic carbocycles. The van der Waals surface area contributed by atoms with Crippen molar-refractivity contribution in [1.82, 2.24) is 0 Å². The van der Waals surface area contributed by atoms with Gasteiger partial charge in [-0.2, -0.15) is 0 Å². The van der Waals surface area contributed by atoms with Crippen LogP contribution in [0, 0.1) is 5.92 Å². The number of rotatable bonds is 7. The first-order valence-electron chi connectivity index (χ1n) is 9.09. The van der Waals surface area contributed by atoms with Crippen molar-refractivity contribution >= 4 is 12.0 Å². The number of carbonyl (C=O) groups excluding carboxylic acids is 1. The maximum atomic E-state index is 12.3. The van der Waals surface area contributed by atoms with Crippen molar-refractivity contribution in [3.05, 3.63) is 40.8 Å². The predicted octanol–water partition coefficient (Wildman–Crippen LogP) is 6.20. The maximum Gasteiger partial charge on any atom is 0.165 e. The summed E-state index contributed by atoms with van der Waals surface area (Å²) in [4.78, 5) is 16.8. The van der Waals surface area contributed by atoms with Gasteiger partial charge < -0.3 is 0 Å². The molecule has 2 heteroatoms. The highest BCUT2D eigenvalue weighted by atomic mass is 16.1. The fraction of sp³-hybridized carbons (Fsp3) is 0.571. The molecule has 0 radical (unpaired) electrons. The Bertz CT molecular complexity index is 510. The van der Waals surface area contributed by atoms with Crippen LogP contribution in [0.25, 0.3) is 0 Å². The lowest BCUT2D eigenvalue weighted by molar-refractivity contribution is -0.115. The molecule has 0 fully saturated rings. The molecule has 0 saturated heterocycles. The Kier molecular flexibility index (Phi) is 11.9. The van der Waals surface area contributed by atoms with E-state index >= 15 is 0 Å². The van der Waals surface area contributed by atoms with Gasteiger partial charge in [-0.15, -0.1) is 0 Å². The minimum Gasteiger partial charge on any atom is -0.294 e. The summed E-state index contributed by atoms with van der Waals surface area (Å²) in [5.74, 6) is 0.573. The molecule has 0 spiro atoms. The second-order valence-electron chi connectivity index (χ2n) is 5.26. The van der Waals surface area contributed by atoms with Crippen molar-refractivity contribution in [2.75, 3.05) is 0 Å². The molecule has 1 aliphatic heterocycles. The molecular formula is C21H33NO. The zero-order valence-corrected chi connectivity index (χ0v) is 15.8. The van der Waals surface area contributed by atoms with Crippen molar-refractivity contribution in [3.63, 3.8) is 0 Å². The summed E-state index contributed by atoms with van der Waals surface area (Å²) in [5, 5.41) is 0. The number of Topliss-reactive ketones (excluding diaryl/α,β-unsaturated/α-hetero) is 1. The molecule has 0 bridgehead atoms. The zero-order chi connectivity index (χ0) is 17.7. The van der Waals surface area contributed by atoms with E-state index in [4.69, 9.17) is 0 Å². The third kappa shape index (κ3) is 7.43. The molecule has 2 nitrogen and oxygen atoms in total. The molecule has 0 aromatic heterocycles. The minimum absolute atomic E-state index is 0.151. The summed E-state index contributed by atoms with van der Waals surface area (Å²) in [6, 6.07) is 0. The van der Waals surface area contributed by atoms with Crippen LogP contribution in [0.2, 0.25) is 0 Å². The molecule has 1 heterocycles. The number of nitrogens with zero attached hydrogens (tertiary/aromatic N) is 1. The van der Waals surface area contributed by atoms with Crippen LogP contribution < -0.4 is 0 Å². The van der Waals surface area contributed by atoms with Crippen molar-refractivity contribution in [3.8, 4) is 0 Å². The summed E-state index contributed by atoms with van der Waals surface area (Å²) in [6.45, 7) is 12.3. The van der Waals surface area contributed by atoms with Gasteiger partial charge in [0.15, 0.2) is 5.78 Å². The smallest absolute Gasteiger partial charge is 0.165 e. The monoisotopic (exact) mass is 315 g/mol. The van der Waals surface area contributed by atoms with E-state index in [9.17, 15) is 4.79 Å². The van der Waals surface area contributed by atoms with Crippen LogP contribution in [0.3, 0.4) is 0 Å². The van der Waals surface area contributed by atoms with Crippen molar-refractivity contribution in [2.24, 2.45) is 10.9 Å². The van der Waals surface area contributed by atoms with Gasteiger partial charge in [-0.3, -0.25) is 4.79 Å². The molecule has 0 atom stereocenters. The van der Waals surface area contributed by atoms with Crippen LogP contribution in [0.4, 0.5) is 0 Å². The number of aliphatic imine (C=N–C) groups is 1. The van der Waals surface area contributed by atoms with Crippen LogP contribution in [-0.2, 0) is 4.79 Å². The summed E-state index contributed by atoms with van der Waals surface area (Å²) in [5.41, 5.74) is 5.82. The highest BCUT2D eigenvalue weighted by Gasteiger charge is 2.14. The molecular weight excluding hydrogens is 282 g/mol. The summed E-state index contributed by atoms with van der Waals surface area (Å²) >= 11 is 0. The lowest BCUT2D eigenvalue weighted by atomic mass is 9.95. The minimum atomic E-state index is 0.151. The fourth-order valence-electron chi connectivity index (χ4n) is 2.24. The van der Waals surface area contributed by atoms with E-state index in [1.807, 2.05) is 33.1 Å². The quantitative estimate of drug-likeness (QED) is 0.406. The van der Waals surface area contributed by atoms with Crippen molar-refractivity contribution in [2.45, 2.75) is 73.6 Å². The van der Waals surface area contributed by atoms with Crippen molar-refractivity contribution in [1.29, 1.82) is 0 Å². The van der Waals surface area contributed by atoms with Crippen molar-refractivity contribution < 1.29 is 4.79 Å². The average Bonchev–Trinajstić information content (AvgIpc) is 2.58. The molecule has 0 amide bonds. The van der Waals surface area contributed by atoms with E-state index in [0.29, 0.717) is 18.0 Å². The molecule has 23 heavy (non-hydrogen) atoms. The summed E-state index contributed by atoms with van der Waals surface area (Å²) in [7, 11) is 0. The summed E-state index contributed by atoms with van der Waals surface area (Å²) < 4.78 is 0. The van der Waals surface area contributed by atoms with Gasteiger partial charge in [0.25, 0.3) is 0 Å². The second kappa shape index (κ2) is 12.8. The molecule has 0 unspecified atom stereocenters. The first kappa shape index (κ1) is 21.3. The maximum absolute atomic E-state index is 12.3. The van der Waals surface area contributed by atoms with Crippen LogP contribution in [0.15, 0.2) is 45.8 Å². The van der Waals surface area contributed by atoms with Gasteiger partial charge in [0.2, 0.25) is 0 Å².